The quantitative estimate of drug-likeness (QED) is 0.839. The maximum Gasteiger partial charge on any atom is 0.338 e. The number of aromatic nitrogens is 1. The molecule has 6 heteroatoms. The molecule has 0 aliphatic rings. The van der Waals surface area contributed by atoms with Gasteiger partial charge in [-0.05, 0) is 31.2 Å². The predicted octanol–water partition coefficient (Wildman–Crippen LogP) is 2.23. The molecule has 6 nitrogen and oxygen atoms in total. The van der Waals surface area contributed by atoms with Crippen molar-refractivity contribution in [3.8, 4) is 0 Å². The lowest BCUT2D eigenvalue weighted by atomic mass is 10.1. The Hall–Kier alpha value is -3.02. The summed E-state index contributed by atoms with van der Waals surface area (Å²) in [5.74, 6) is -2.01. The zero-order chi connectivity index (χ0) is 15.4. The predicted molar refractivity (Wildman–Crippen MR) is 75.6 cm³/mol. The van der Waals surface area contributed by atoms with Crippen molar-refractivity contribution in [1.29, 1.82) is 0 Å². The normalized spacial score (nSPS) is 9.95. The second kappa shape index (κ2) is 5.96. The minimum absolute atomic E-state index is 0.129. The summed E-state index contributed by atoms with van der Waals surface area (Å²) in [6.45, 7) is 1.42. The second-order valence-electron chi connectivity index (χ2n) is 4.30. The monoisotopic (exact) mass is 284 g/mol. The van der Waals surface area contributed by atoms with Gasteiger partial charge < -0.3 is 10.4 Å². The number of amides is 1. The van der Waals surface area contributed by atoms with Gasteiger partial charge in [-0.1, -0.05) is 12.1 Å². The van der Waals surface area contributed by atoms with E-state index in [2.05, 4.69) is 10.3 Å². The summed E-state index contributed by atoms with van der Waals surface area (Å²) in [4.78, 5) is 38.2. The van der Waals surface area contributed by atoms with E-state index in [4.69, 9.17) is 5.11 Å². The lowest BCUT2D eigenvalue weighted by molar-refractivity contribution is 0.0691. The Morgan fingerprint density at radius 1 is 1.14 bits per heavy atom. The molecule has 2 aromatic rings. The molecule has 0 aliphatic heterocycles. The Bertz CT molecular complexity index is 725. The first kappa shape index (κ1) is 14.4. The molecule has 21 heavy (non-hydrogen) atoms. The maximum atomic E-state index is 12.1. The maximum absolute atomic E-state index is 12.1. The molecular weight excluding hydrogens is 272 g/mol. The fraction of sp³-hybridized carbons (Fsp3) is 0.0667. The molecule has 0 radical (unpaired) electrons. The number of Topliss-reactive ketones (excluding diaryl/α,β-unsaturated/α-hetero) is 1. The van der Waals surface area contributed by atoms with Crippen LogP contribution in [-0.2, 0) is 0 Å². The minimum Gasteiger partial charge on any atom is -0.478 e. The number of anilines is 1. The van der Waals surface area contributed by atoms with Crippen molar-refractivity contribution in [3.05, 3.63) is 59.4 Å². The van der Waals surface area contributed by atoms with Crippen molar-refractivity contribution in [2.75, 3.05) is 5.32 Å². The van der Waals surface area contributed by atoms with E-state index >= 15 is 0 Å². The van der Waals surface area contributed by atoms with E-state index in [1.165, 1.54) is 31.3 Å². The highest BCUT2D eigenvalue weighted by atomic mass is 16.4. The Labute approximate surface area is 120 Å². The molecule has 1 aromatic heterocycles. The van der Waals surface area contributed by atoms with Crippen LogP contribution in [0.3, 0.4) is 0 Å². The van der Waals surface area contributed by atoms with E-state index < -0.39 is 11.9 Å². The minimum atomic E-state index is -1.23. The standard InChI is InChI=1S/C15H12N2O4/c1-9(18)10-4-2-5-11(8-10)17-14(19)13-12(15(20)21)6-3-7-16-13/h2-8H,1H3,(H,17,19)(H,20,21). The zero-order valence-electron chi connectivity index (χ0n) is 11.2. The van der Waals surface area contributed by atoms with Crippen LogP contribution in [0.5, 0.6) is 0 Å². The number of pyridine rings is 1. The summed E-state index contributed by atoms with van der Waals surface area (Å²) in [5, 5.41) is 11.6. The van der Waals surface area contributed by atoms with Gasteiger partial charge >= 0.3 is 5.97 Å². The molecule has 0 saturated heterocycles. The molecule has 0 fully saturated rings. The van der Waals surface area contributed by atoms with Gasteiger partial charge in [0.25, 0.3) is 5.91 Å². The summed E-state index contributed by atoms with van der Waals surface area (Å²) >= 11 is 0. The number of hydrogen-bond acceptors (Lipinski definition) is 4. The molecule has 1 heterocycles. The number of ketones is 1. The Morgan fingerprint density at radius 2 is 1.90 bits per heavy atom. The first-order valence-corrected chi connectivity index (χ1v) is 6.09. The number of carboxylic acids is 1. The average molecular weight is 284 g/mol. The lowest BCUT2D eigenvalue weighted by Gasteiger charge is -2.07. The van der Waals surface area contributed by atoms with Gasteiger partial charge in [0.2, 0.25) is 0 Å². The van der Waals surface area contributed by atoms with Crippen LogP contribution in [0.15, 0.2) is 42.6 Å². The van der Waals surface area contributed by atoms with Gasteiger partial charge in [-0.2, -0.15) is 0 Å². The third-order valence-electron chi connectivity index (χ3n) is 2.78. The Balaban J connectivity index is 2.28. The number of carboxylic acid groups (broad SMARTS) is 1. The highest BCUT2D eigenvalue weighted by Crippen LogP contribution is 2.14. The molecule has 0 aliphatic carbocycles. The fourth-order valence-electron chi connectivity index (χ4n) is 1.77. The Kier molecular flexibility index (Phi) is 4.08. The van der Waals surface area contributed by atoms with Gasteiger partial charge in [-0.25, -0.2) is 4.79 Å². The smallest absolute Gasteiger partial charge is 0.338 e. The van der Waals surface area contributed by atoms with Gasteiger partial charge in [0.15, 0.2) is 5.78 Å². The largest absolute Gasteiger partial charge is 0.478 e. The third kappa shape index (κ3) is 3.30. The molecule has 2 N–H and O–H groups in total. The van der Waals surface area contributed by atoms with Crippen molar-refractivity contribution in [2.45, 2.75) is 6.92 Å². The van der Waals surface area contributed by atoms with Crippen molar-refractivity contribution in [3.63, 3.8) is 0 Å². The summed E-state index contributed by atoms with van der Waals surface area (Å²) in [7, 11) is 0. The van der Waals surface area contributed by atoms with E-state index in [0.29, 0.717) is 11.3 Å². The van der Waals surface area contributed by atoms with E-state index in [-0.39, 0.29) is 17.0 Å². The van der Waals surface area contributed by atoms with Crippen molar-refractivity contribution < 1.29 is 19.5 Å². The number of nitrogens with zero attached hydrogens (tertiary/aromatic N) is 1. The number of rotatable bonds is 4. The van der Waals surface area contributed by atoms with Crippen LogP contribution in [0.25, 0.3) is 0 Å². The summed E-state index contributed by atoms with van der Waals surface area (Å²) < 4.78 is 0. The van der Waals surface area contributed by atoms with Crippen LogP contribution in [0, 0.1) is 0 Å². The number of hydrogen-bond donors (Lipinski definition) is 2. The van der Waals surface area contributed by atoms with Crippen LogP contribution in [0.4, 0.5) is 5.69 Å². The van der Waals surface area contributed by atoms with Crippen molar-refractivity contribution in [2.24, 2.45) is 0 Å². The number of carbonyl (C=O) groups is 3. The molecule has 0 atom stereocenters. The first-order chi connectivity index (χ1) is 9.99. The molecule has 106 valence electrons. The summed E-state index contributed by atoms with van der Waals surface area (Å²) in [6, 6.07) is 9.12. The van der Waals surface area contributed by atoms with Crippen LogP contribution in [0.1, 0.15) is 38.1 Å². The molecule has 1 aromatic carbocycles. The van der Waals surface area contributed by atoms with Gasteiger partial charge in [-0.3, -0.25) is 14.6 Å². The number of benzene rings is 1. The molecule has 0 unspecified atom stereocenters. The average Bonchev–Trinajstić information content (AvgIpc) is 2.47. The molecule has 0 saturated carbocycles. The SMILES string of the molecule is CC(=O)c1cccc(NC(=O)c2ncccc2C(=O)O)c1. The highest BCUT2D eigenvalue weighted by Gasteiger charge is 2.17. The van der Waals surface area contributed by atoms with Crippen molar-refractivity contribution in [1.82, 2.24) is 4.98 Å². The molecule has 1 amide bonds. The molecule has 0 spiro atoms. The van der Waals surface area contributed by atoms with Crippen LogP contribution in [-0.4, -0.2) is 27.8 Å². The number of nitrogens with one attached hydrogen (secondary N) is 1. The fourth-order valence-corrected chi connectivity index (χ4v) is 1.77. The van der Waals surface area contributed by atoms with Gasteiger partial charge in [0.1, 0.15) is 5.69 Å². The first-order valence-electron chi connectivity index (χ1n) is 6.09. The van der Waals surface area contributed by atoms with E-state index in [1.54, 1.807) is 18.2 Å². The van der Waals surface area contributed by atoms with Gasteiger partial charge in [-0.15, -0.1) is 0 Å². The summed E-state index contributed by atoms with van der Waals surface area (Å²) in [6.07, 6.45) is 1.34. The Morgan fingerprint density at radius 3 is 2.57 bits per heavy atom. The van der Waals surface area contributed by atoms with Crippen LogP contribution >= 0.6 is 0 Å². The third-order valence-corrected chi connectivity index (χ3v) is 2.78. The molecule has 2 rings (SSSR count). The highest BCUT2D eigenvalue weighted by molar-refractivity contribution is 6.09. The van der Waals surface area contributed by atoms with E-state index in [1.807, 2.05) is 0 Å². The van der Waals surface area contributed by atoms with Crippen LogP contribution in [0.2, 0.25) is 0 Å². The lowest BCUT2D eigenvalue weighted by Crippen LogP contribution is -2.18. The van der Waals surface area contributed by atoms with Gasteiger partial charge in [0.05, 0.1) is 5.56 Å². The molecule has 0 bridgehead atoms. The zero-order valence-corrected chi connectivity index (χ0v) is 11.2. The summed E-state index contributed by atoms with van der Waals surface area (Å²) in [5.41, 5.74) is 0.484. The van der Waals surface area contributed by atoms with Crippen LogP contribution < -0.4 is 5.32 Å². The number of carbonyl (C=O) groups excluding carboxylic acids is 2. The molecular formula is C15H12N2O4. The van der Waals surface area contributed by atoms with E-state index in [9.17, 15) is 14.4 Å². The second-order valence-corrected chi connectivity index (χ2v) is 4.30. The topological polar surface area (TPSA) is 96.4 Å². The van der Waals surface area contributed by atoms with E-state index in [0.717, 1.165) is 0 Å². The van der Waals surface area contributed by atoms with Crippen molar-refractivity contribution >= 4 is 23.3 Å². The van der Waals surface area contributed by atoms with Gasteiger partial charge in [0, 0.05) is 17.4 Å². The number of aromatic carboxylic acids is 1.